The van der Waals surface area contributed by atoms with Crippen LogP contribution in [0.1, 0.15) is 38.5 Å². The molecule has 3 aliphatic heterocycles. The van der Waals surface area contributed by atoms with E-state index in [-0.39, 0.29) is 12.1 Å². The summed E-state index contributed by atoms with van der Waals surface area (Å²) >= 11 is 0. The molecule has 2 N–H and O–H groups in total. The quantitative estimate of drug-likeness (QED) is 0.866. The van der Waals surface area contributed by atoms with E-state index >= 15 is 0 Å². The van der Waals surface area contributed by atoms with E-state index in [1.807, 2.05) is 6.07 Å². The van der Waals surface area contributed by atoms with Gasteiger partial charge in [0.15, 0.2) is 0 Å². The maximum absolute atomic E-state index is 12.4. The van der Waals surface area contributed by atoms with Gasteiger partial charge in [0.05, 0.1) is 0 Å². The normalized spacial score (nSPS) is 27.8. The number of urea groups is 1. The molecule has 2 amide bonds. The molecule has 1 aromatic rings. The van der Waals surface area contributed by atoms with E-state index in [0.717, 1.165) is 44.8 Å². The van der Waals surface area contributed by atoms with E-state index in [9.17, 15) is 4.79 Å². The third kappa shape index (κ3) is 3.86. The zero-order chi connectivity index (χ0) is 17.1. The average molecular weight is 344 g/mol. The summed E-state index contributed by atoms with van der Waals surface area (Å²) < 4.78 is 0. The lowest BCUT2D eigenvalue weighted by atomic mass is 9.99. The Labute approximate surface area is 149 Å². The molecule has 0 aromatic carbocycles. The van der Waals surface area contributed by atoms with E-state index in [4.69, 9.17) is 0 Å². The van der Waals surface area contributed by atoms with Crippen molar-refractivity contribution < 1.29 is 4.79 Å². The first-order chi connectivity index (χ1) is 12.3. The van der Waals surface area contributed by atoms with E-state index in [1.165, 1.54) is 25.8 Å². The Morgan fingerprint density at radius 2 is 1.76 bits per heavy atom. The first-order valence-corrected chi connectivity index (χ1v) is 9.62. The molecule has 7 nitrogen and oxygen atoms in total. The molecule has 7 heteroatoms. The fraction of sp³-hybridized carbons (Fsp3) is 0.722. The molecule has 2 atom stereocenters. The average Bonchev–Trinajstić information content (AvgIpc) is 3.06. The molecule has 3 saturated heterocycles. The monoisotopic (exact) mass is 344 g/mol. The first kappa shape index (κ1) is 16.6. The predicted octanol–water partition coefficient (Wildman–Crippen LogP) is 1.37. The minimum Gasteiger partial charge on any atom is -0.341 e. The number of piperidine rings is 2. The van der Waals surface area contributed by atoms with Gasteiger partial charge in [0.1, 0.15) is 0 Å². The van der Waals surface area contributed by atoms with Gasteiger partial charge in [0.25, 0.3) is 0 Å². The van der Waals surface area contributed by atoms with Crippen molar-refractivity contribution in [1.82, 2.24) is 25.5 Å². The van der Waals surface area contributed by atoms with Gasteiger partial charge in [-0.1, -0.05) is 6.42 Å². The maximum atomic E-state index is 12.4. The van der Waals surface area contributed by atoms with Gasteiger partial charge < -0.3 is 15.5 Å². The summed E-state index contributed by atoms with van der Waals surface area (Å²) in [6.45, 7) is 4.10. The number of carbonyl (C=O) groups excluding carboxylic acids is 1. The summed E-state index contributed by atoms with van der Waals surface area (Å²) in [5.74, 6) is 0.786. The van der Waals surface area contributed by atoms with Crippen molar-refractivity contribution >= 4 is 12.0 Å². The van der Waals surface area contributed by atoms with Crippen molar-refractivity contribution in [2.45, 2.75) is 56.7 Å². The van der Waals surface area contributed by atoms with Crippen molar-refractivity contribution in [2.75, 3.05) is 31.1 Å². The van der Waals surface area contributed by atoms with Gasteiger partial charge in [0.2, 0.25) is 5.95 Å². The Morgan fingerprint density at radius 3 is 2.56 bits per heavy atom. The van der Waals surface area contributed by atoms with Crippen LogP contribution in [0.2, 0.25) is 0 Å². The third-order valence-electron chi connectivity index (χ3n) is 5.84. The number of hydrogen-bond acceptors (Lipinski definition) is 5. The first-order valence-electron chi connectivity index (χ1n) is 9.62. The number of anilines is 1. The SMILES string of the molecule is O=C(NC1CCN(c2ncccn2)CC1)N[C@@H]1CCN2CCCC[C@@H]12. The van der Waals surface area contributed by atoms with Gasteiger partial charge in [0, 0.05) is 50.2 Å². The highest BCUT2D eigenvalue weighted by Gasteiger charge is 2.36. The van der Waals surface area contributed by atoms with Gasteiger partial charge >= 0.3 is 6.03 Å². The molecule has 4 rings (SSSR count). The van der Waals surface area contributed by atoms with Crippen molar-refractivity contribution in [1.29, 1.82) is 0 Å². The van der Waals surface area contributed by atoms with E-state index in [2.05, 4.69) is 30.4 Å². The summed E-state index contributed by atoms with van der Waals surface area (Å²) in [6, 6.07) is 2.95. The lowest BCUT2D eigenvalue weighted by Crippen LogP contribution is -2.53. The van der Waals surface area contributed by atoms with Crippen LogP contribution in [0.5, 0.6) is 0 Å². The van der Waals surface area contributed by atoms with Crippen LogP contribution in [-0.2, 0) is 0 Å². The summed E-state index contributed by atoms with van der Waals surface area (Å²) in [5.41, 5.74) is 0. The molecule has 4 heterocycles. The van der Waals surface area contributed by atoms with Crippen LogP contribution in [-0.4, -0.2) is 65.2 Å². The largest absolute Gasteiger partial charge is 0.341 e. The number of nitrogens with zero attached hydrogens (tertiary/aromatic N) is 4. The van der Waals surface area contributed by atoms with Crippen LogP contribution in [0.4, 0.5) is 10.7 Å². The van der Waals surface area contributed by atoms with E-state index in [1.54, 1.807) is 12.4 Å². The van der Waals surface area contributed by atoms with Gasteiger partial charge in [-0.25, -0.2) is 14.8 Å². The Kier molecular flexibility index (Phi) is 5.01. The molecule has 0 aliphatic carbocycles. The Morgan fingerprint density at radius 1 is 0.960 bits per heavy atom. The van der Waals surface area contributed by atoms with Crippen molar-refractivity contribution in [2.24, 2.45) is 0 Å². The van der Waals surface area contributed by atoms with E-state index < -0.39 is 0 Å². The molecular formula is C18H28N6O. The summed E-state index contributed by atoms with van der Waals surface area (Å²) in [6.07, 6.45) is 10.3. The summed E-state index contributed by atoms with van der Waals surface area (Å²) in [4.78, 5) is 25.8. The minimum absolute atomic E-state index is 0.00633. The summed E-state index contributed by atoms with van der Waals surface area (Å²) in [7, 11) is 0. The lowest BCUT2D eigenvalue weighted by molar-refractivity contribution is 0.178. The smallest absolute Gasteiger partial charge is 0.315 e. The molecule has 0 bridgehead atoms. The number of nitrogens with one attached hydrogen (secondary N) is 2. The zero-order valence-corrected chi connectivity index (χ0v) is 14.7. The second-order valence-corrected chi connectivity index (χ2v) is 7.42. The van der Waals surface area contributed by atoms with E-state index in [0.29, 0.717) is 12.1 Å². The Balaban J connectivity index is 1.23. The number of rotatable bonds is 3. The molecule has 0 unspecified atom stereocenters. The molecule has 136 valence electrons. The van der Waals surface area contributed by atoms with Crippen LogP contribution >= 0.6 is 0 Å². The number of fused-ring (bicyclic) bond motifs is 1. The second kappa shape index (κ2) is 7.56. The van der Waals surface area contributed by atoms with Crippen LogP contribution in [0, 0.1) is 0 Å². The van der Waals surface area contributed by atoms with Gasteiger partial charge in [-0.15, -0.1) is 0 Å². The standard InChI is InChI=1S/C18H28N6O/c25-18(22-15-7-13-23-10-2-1-4-16(15)23)21-14-5-11-24(12-6-14)17-19-8-3-9-20-17/h3,8-9,14-16H,1-2,4-7,10-13H2,(H2,21,22,25)/t15-,16+/m1/s1. The molecule has 3 fully saturated rings. The molecule has 25 heavy (non-hydrogen) atoms. The lowest BCUT2D eigenvalue weighted by Gasteiger charge is -2.34. The highest BCUT2D eigenvalue weighted by molar-refractivity contribution is 5.74. The summed E-state index contributed by atoms with van der Waals surface area (Å²) in [5, 5.41) is 6.42. The van der Waals surface area contributed by atoms with Crippen LogP contribution in [0.25, 0.3) is 0 Å². The predicted molar refractivity (Wildman–Crippen MR) is 96.6 cm³/mol. The molecule has 0 radical (unpaired) electrons. The number of hydrogen-bond donors (Lipinski definition) is 2. The van der Waals surface area contributed by atoms with Gasteiger partial charge in [-0.05, 0) is 44.7 Å². The highest BCUT2D eigenvalue weighted by Crippen LogP contribution is 2.27. The van der Waals surface area contributed by atoms with Crippen LogP contribution < -0.4 is 15.5 Å². The minimum atomic E-state index is 0.00633. The van der Waals surface area contributed by atoms with Crippen LogP contribution in [0.15, 0.2) is 18.5 Å². The Hall–Kier alpha value is -1.89. The van der Waals surface area contributed by atoms with Crippen molar-refractivity contribution in [3.63, 3.8) is 0 Å². The maximum Gasteiger partial charge on any atom is 0.315 e. The molecular weight excluding hydrogens is 316 g/mol. The van der Waals surface area contributed by atoms with Crippen molar-refractivity contribution in [3.05, 3.63) is 18.5 Å². The highest BCUT2D eigenvalue weighted by atomic mass is 16.2. The second-order valence-electron chi connectivity index (χ2n) is 7.42. The molecule has 3 aliphatic rings. The zero-order valence-electron chi connectivity index (χ0n) is 14.7. The van der Waals surface area contributed by atoms with Gasteiger partial charge in [-0.2, -0.15) is 0 Å². The fourth-order valence-electron chi connectivity index (χ4n) is 4.49. The molecule has 1 aromatic heterocycles. The number of carbonyl (C=O) groups is 1. The Bertz CT molecular complexity index is 574. The van der Waals surface area contributed by atoms with Crippen LogP contribution in [0.3, 0.4) is 0 Å². The third-order valence-corrected chi connectivity index (χ3v) is 5.84. The number of amides is 2. The number of aromatic nitrogens is 2. The van der Waals surface area contributed by atoms with Crippen molar-refractivity contribution in [3.8, 4) is 0 Å². The van der Waals surface area contributed by atoms with Gasteiger partial charge in [-0.3, -0.25) is 4.90 Å². The molecule has 0 saturated carbocycles. The molecule has 0 spiro atoms. The topological polar surface area (TPSA) is 73.4 Å². The fourth-order valence-corrected chi connectivity index (χ4v) is 4.49.